The van der Waals surface area contributed by atoms with Gasteiger partial charge in [-0.25, -0.2) is 9.59 Å². The number of carbonyl (C=O) groups excluding carboxylic acids is 3. The third-order valence-electron chi connectivity index (χ3n) is 4.18. The Labute approximate surface area is 189 Å². The van der Waals surface area contributed by atoms with Crippen LogP contribution >= 0.6 is 0 Å². The fraction of sp³-hybridized carbons (Fsp3) is 0.143. The summed E-state index contributed by atoms with van der Waals surface area (Å²) in [7, 11) is -2.06. The number of methoxy groups -OCH3 is 2. The summed E-state index contributed by atoms with van der Waals surface area (Å²) in [6.07, 6.45) is 0. The third kappa shape index (κ3) is 6.48. The topological polar surface area (TPSA) is 160 Å². The van der Waals surface area contributed by atoms with Gasteiger partial charge in [-0.3, -0.25) is 14.8 Å². The minimum absolute atomic E-state index is 0.00812. The van der Waals surface area contributed by atoms with Crippen LogP contribution in [0.1, 0.15) is 27.6 Å². The average molecular weight is 475 g/mol. The number of benzene rings is 2. The second-order valence-electron chi connectivity index (χ2n) is 6.48. The van der Waals surface area contributed by atoms with Crippen molar-refractivity contribution >= 4 is 44.9 Å². The summed E-state index contributed by atoms with van der Waals surface area (Å²) in [4.78, 5) is 35.7. The van der Waals surface area contributed by atoms with E-state index in [1.165, 1.54) is 57.5 Å². The molecule has 0 aliphatic heterocycles. The first kappa shape index (κ1) is 25.2. The van der Waals surface area contributed by atoms with Crippen LogP contribution < -0.4 is 10.7 Å². The molecule has 0 aromatic heterocycles. The van der Waals surface area contributed by atoms with Crippen molar-refractivity contribution < 1.29 is 36.8 Å². The number of hydrazone groups is 1. The van der Waals surface area contributed by atoms with Crippen molar-refractivity contribution in [2.75, 3.05) is 25.0 Å². The quantitative estimate of drug-likeness (QED) is 0.213. The fourth-order valence-corrected chi connectivity index (χ4v) is 3.14. The zero-order chi connectivity index (χ0) is 24.8. The number of nitrogens with zero attached hydrogens (tertiary/aromatic N) is 1. The number of carbonyl (C=O) groups is 3. The Morgan fingerprint density at radius 1 is 1.03 bits per heavy atom. The van der Waals surface area contributed by atoms with Crippen LogP contribution in [0.25, 0.3) is 0 Å². The monoisotopic (exact) mass is 475 g/mol. The molecule has 0 bridgehead atoms. The predicted octanol–water partition coefficient (Wildman–Crippen LogP) is 2.49. The van der Waals surface area contributed by atoms with Crippen LogP contribution in [0.3, 0.4) is 0 Å². The van der Waals surface area contributed by atoms with E-state index >= 15 is 0 Å². The van der Waals surface area contributed by atoms with E-state index in [0.717, 1.165) is 6.07 Å². The molecule has 2 aromatic rings. The van der Waals surface area contributed by atoms with E-state index < -0.39 is 27.8 Å². The average Bonchev–Trinajstić information content (AvgIpc) is 2.77. The number of hydrogen-bond donors (Lipinski definition) is 3. The van der Waals surface area contributed by atoms with Gasteiger partial charge in [-0.2, -0.15) is 13.5 Å². The molecule has 0 fully saturated rings. The second kappa shape index (κ2) is 10.5. The fourth-order valence-electron chi connectivity index (χ4n) is 2.61. The summed E-state index contributed by atoms with van der Waals surface area (Å²) in [6.45, 7) is 4.94. The van der Waals surface area contributed by atoms with Crippen LogP contribution in [0, 0.1) is 0 Å². The molecule has 0 saturated heterocycles. The standard InChI is InChI=1S/C21H21N3O8S/c1-12(22-15-6-5-7-16(11-15)33(28,29)30)19(13(2)25)24-23-18-10-14(20(26)31-3)8-9-17(18)21(27)32-4/h5-11,22-23H,1H2,2-4H3,(H,28,29,30)/b24-19+. The normalized spacial score (nSPS) is 11.3. The predicted molar refractivity (Wildman–Crippen MR) is 120 cm³/mol. The highest BCUT2D eigenvalue weighted by atomic mass is 32.2. The van der Waals surface area contributed by atoms with E-state index in [1.54, 1.807) is 0 Å². The van der Waals surface area contributed by atoms with E-state index in [0.29, 0.717) is 0 Å². The van der Waals surface area contributed by atoms with Crippen molar-refractivity contribution in [1.29, 1.82) is 0 Å². The lowest BCUT2D eigenvalue weighted by atomic mass is 10.1. The number of allylic oxidation sites excluding steroid dienone is 1. The molecular weight excluding hydrogens is 454 g/mol. The molecule has 11 nitrogen and oxygen atoms in total. The van der Waals surface area contributed by atoms with Crippen molar-refractivity contribution in [3.8, 4) is 0 Å². The lowest BCUT2D eigenvalue weighted by Crippen LogP contribution is -2.20. The van der Waals surface area contributed by atoms with E-state index in [4.69, 9.17) is 4.74 Å². The number of Topliss-reactive ketones (excluding diaryl/α,β-unsaturated/α-hetero) is 1. The molecule has 2 aromatic carbocycles. The Bertz CT molecular complexity index is 1250. The third-order valence-corrected chi connectivity index (χ3v) is 5.03. The van der Waals surface area contributed by atoms with Gasteiger partial charge in [-0.05, 0) is 36.4 Å². The zero-order valence-corrected chi connectivity index (χ0v) is 18.7. The molecule has 2 rings (SSSR count). The van der Waals surface area contributed by atoms with Crippen molar-refractivity contribution in [1.82, 2.24) is 0 Å². The van der Waals surface area contributed by atoms with Gasteiger partial charge in [0.05, 0.1) is 41.6 Å². The summed E-state index contributed by atoms with van der Waals surface area (Å²) in [5, 5.41) is 6.72. The molecule has 0 aliphatic carbocycles. The van der Waals surface area contributed by atoms with Gasteiger partial charge in [-0.15, -0.1) is 0 Å². The molecular formula is C21H21N3O8S. The van der Waals surface area contributed by atoms with E-state index in [2.05, 4.69) is 27.2 Å². The van der Waals surface area contributed by atoms with Gasteiger partial charge in [0.2, 0.25) is 0 Å². The SMILES string of the molecule is C=C(Nc1cccc(S(=O)(=O)O)c1)/C(=N\Nc1cc(C(=O)OC)ccc1C(=O)OC)C(C)=O. The first-order chi connectivity index (χ1) is 15.5. The number of nitrogens with one attached hydrogen (secondary N) is 2. The number of ketones is 1. The number of hydrogen-bond acceptors (Lipinski definition) is 10. The number of ether oxygens (including phenoxy) is 2. The van der Waals surface area contributed by atoms with Crippen LogP contribution in [-0.2, 0) is 24.4 Å². The number of rotatable bonds is 9. The van der Waals surface area contributed by atoms with Crippen LogP contribution in [0.15, 0.2) is 64.7 Å². The molecule has 12 heteroatoms. The van der Waals surface area contributed by atoms with Gasteiger partial charge < -0.3 is 14.8 Å². The maximum Gasteiger partial charge on any atom is 0.340 e. The molecule has 0 aliphatic rings. The minimum Gasteiger partial charge on any atom is -0.465 e. The van der Waals surface area contributed by atoms with Gasteiger partial charge in [0.15, 0.2) is 5.78 Å². The smallest absolute Gasteiger partial charge is 0.340 e. The van der Waals surface area contributed by atoms with Crippen LogP contribution in [0.2, 0.25) is 0 Å². The maximum atomic E-state index is 12.1. The highest BCUT2D eigenvalue weighted by Crippen LogP contribution is 2.21. The Morgan fingerprint density at radius 3 is 2.27 bits per heavy atom. The van der Waals surface area contributed by atoms with Gasteiger partial charge in [0, 0.05) is 12.6 Å². The van der Waals surface area contributed by atoms with Gasteiger partial charge in [-0.1, -0.05) is 12.6 Å². The Kier molecular flexibility index (Phi) is 8.05. The minimum atomic E-state index is -4.43. The van der Waals surface area contributed by atoms with E-state index in [1.807, 2.05) is 0 Å². The zero-order valence-electron chi connectivity index (χ0n) is 17.9. The van der Waals surface area contributed by atoms with Crippen molar-refractivity contribution in [3.63, 3.8) is 0 Å². The number of esters is 2. The van der Waals surface area contributed by atoms with Crippen LogP contribution in [0.5, 0.6) is 0 Å². The molecule has 0 amide bonds. The van der Waals surface area contributed by atoms with Gasteiger partial charge >= 0.3 is 11.9 Å². The highest BCUT2D eigenvalue weighted by Gasteiger charge is 2.18. The highest BCUT2D eigenvalue weighted by molar-refractivity contribution is 7.85. The molecule has 0 unspecified atom stereocenters. The molecule has 0 atom stereocenters. The maximum absolute atomic E-state index is 12.1. The molecule has 33 heavy (non-hydrogen) atoms. The lowest BCUT2D eigenvalue weighted by Gasteiger charge is -2.13. The van der Waals surface area contributed by atoms with Crippen LogP contribution in [0.4, 0.5) is 11.4 Å². The lowest BCUT2D eigenvalue weighted by molar-refractivity contribution is -0.111. The first-order valence-corrected chi connectivity index (χ1v) is 10.6. The summed E-state index contributed by atoms with van der Waals surface area (Å²) < 4.78 is 41.2. The number of anilines is 2. The summed E-state index contributed by atoms with van der Waals surface area (Å²) >= 11 is 0. The Hall–Kier alpha value is -4.03. The Balaban J connectivity index is 2.39. The molecule has 0 heterocycles. The van der Waals surface area contributed by atoms with E-state index in [9.17, 15) is 27.4 Å². The first-order valence-electron chi connectivity index (χ1n) is 9.17. The van der Waals surface area contributed by atoms with E-state index in [-0.39, 0.29) is 38.8 Å². The van der Waals surface area contributed by atoms with Crippen molar-refractivity contribution in [3.05, 3.63) is 65.9 Å². The molecule has 3 N–H and O–H groups in total. The molecule has 0 saturated carbocycles. The summed E-state index contributed by atoms with van der Waals surface area (Å²) in [6, 6.07) is 9.18. The summed E-state index contributed by atoms with van der Waals surface area (Å²) in [5.41, 5.74) is 2.79. The molecule has 174 valence electrons. The molecule has 0 radical (unpaired) electrons. The van der Waals surface area contributed by atoms with Crippen molar-refractivity contribution in [2.24, 2.45) is 5.10 Å². The van der Waals surface area contributed by atoms with Crippen molar-refractivity contribution in [2.45, 2.75) is 11.8 Å². The van der Waals surface area contributed by atoms with Gasteiger partial charge in [0.25, 0.3) is 10.1 Å². The Morgan fingerprint density at radius 2 is 1.70 bits per heavy atom. The molecule has 0 spiro atoms. The van der Waals surface area contributed by atoms with Crippen LogP contribution in [-0.4, -0.2) is 50.6 Å². The second-order valence-corrected chi connectivity index (χ2v) is 7.90. The summed E-state index contributed by atoms with van der Waals surface area (Å²) in [5.74, 6) is -1.89. The largest absolute Gasteiger partial charge is 0.465 e. The van der Waals surface area contributed by atoms with Gasteiger partial charge in [0.1, 0.15) is 5.71 Å².